The predicted octanol–water partition coefficient (Wildman–Crippen LogP) is 4.00. The van der Waals surface area contributed by atoms with E-state index in [1.165, 1.54) is 0 Å². The number of ether oxygens (including phenoxy) is 1. The van der Waals surface area contributed by atoms with Crippen LogP contribution in [0, 0.1) is 0 Å². The minimum Gasteiger partial charge on any atom is -0.497 e. The lowest BCUT2D eigenvalue weighted by molar-refractivity contribution is 0.102. The highest BCUT2D eigenvalue weighted by atomic mass is 16.5. The average Bonchev–Trinajstić information content (AvgIpc) is 3.30. The third kappa shape index (κ3) is 3.96. The van der Waals surface area contributed by atoms with Gasteiger partial charge in [-0.1, -0.05) is 30.3 Å². The molecular weight excluding hydrogens is 352 g/mol. The van der Waals surface area contributed by atoms with Crippen LogP contribution in [-0.4, -0.2) is 36.1 Å². The molecule has 0 bridgehead atoms. The Morgan fingerprint density at radius 1 is 1.00 bits per heavy atom. The third-order valence-electron chi connectivity index (χ3n) is 4.76. The lowest BCUT2D eigenvalue weighted by atomic mass is 10.2. The van der Waals surface area contributed by atoms with Crippen LogP contribution in [0.2, 0.25) is 0 Å². The van der Waals surface area contributed by atoms with Crippen LogP contribution in [0.4, 0.5) is 11.5 Å². The Morgan fingerprint density at radius 3 is 2.39 bits per heavy atom. The summed E-state index contributed by atoms with van der Waals surface area (Å²) in [6.07, 6.45) is 2.27. The second-order valence-corrected chi connectivity index (χ2v) is 6.68. The number of benzene rings is 2. The number of nitrogens with zero attached hydrogens (tertiary/aromatic N) is 3. The Morgan fingerprint density at radius 2 is 1.71 bits per heavy atom. The van der Waals surface area contributed by atoms with Crippen molar-refractivity contribution in [3.63, 3.8) is 0 Å². The molecule has 0 saturated carbocycles. The van der Waals surface area contributed by atoms with Gasteiger partial charge in [0.1, 0.15) is 17.3 Å². The maximum Gasteiger partial charge on any atom is 0.274 e. The summed E-state index contributed by atoms with van der Waals surface area (Å²) in [7, 11) is 1.61. The molecule has 1 fully saturated rings. The van der Waals surface area contributed by atoms with Gasteiger partial charge in [-0.25, -0.2) is 9.97 Å². The van der Waals surface area contributed by atoms with Crippen molar-refractivity contribution in [3.8, 4) is 17.1 Å². The number of carbonyl (C=O) groups excluding carboxylic acids is 1. The van der Waals surface area contributed by atoms with E-state index in [0.717, 1.165) is 43.1 Å². The van der Waals surface area contributed by atoms with E-state index in [1.807, 2.05) is 30.3 Å². The second kappa shape index (κ2) is 8.08. The fourth-order valence-corrected chi connectivity index (χ4v) is 3.24. The number of amides is 1. The summed E-state index contributed by atoms with van der Waals surface area (Å²) in [4.78, 5) is 24.3. The Kier molecular flexibility index (Phi) is 5.19. The van der Waals surface area contributed by atoms with E-state index in [4.69, 9.17) is 9.72 Å². The molecule has 4 rings (SSSR count). The first-order valence-corrected chi connectivity index (χ1v) is 9.38. The number of rotatable bonds is 5. The second-order valence-electron chi connectivity index (χ2n) is 6.68. The third-order valence-corrected chi connectivity index (χ3v) is 4.76. The van der Waals surface area contributed by atoms with E-state index in [1.54, 1.807) is 37.4 Å². The van der Waals surface area contributed by atoms with E-state index in [0.29, 0.717) is 17.2 Å². The number of carbonyl (C=O) groups is 1. The zero-order valence-corrected chi connectivity index (χ0v) is 15.8. The highest BCUT2D eigenvalue weighted by molar-refractivity contribution is 6.03. The van der Waals surface area contributed by atoms with Gasteiger partial charge in [-0.2, -0.15) is 0 Å². The maximum absolute atomic E-state index is 12.9. The highest BCUT2D eigenvalue weighted by Crippen LogP contribution is 2.24. The molecular formula is C22H22N4O2. The highest BCUT2D eigenvalue weighted by Gasteiger charge is 2.19. The van der Waals surface area contributed by atoms with Crippen molar-refractivity contribution in [2.24, 2.45) is 0 Å². The zero-order chi connectivity index (χ0) is 19.3. The van der Waals surface area contributed by atoms with Gasteiger partial charge in [0.15, 0.2) is 5.82 Å². The van der Waals surface area contributed by atoms with Crippen LogP contribution in [0.1, 0.15) is 23.3 Å². The van der Waals surface area contributed by atoms with Crippen molar-refractivity contribution in [1.82, 2.24) is 9.97 Å². The Balaban J connectivity index is 1.66. The van der Waals surface area contributed by atoms with Gasteiger partial charge in [0, 0.05) is 30.4 Å². The van der Waals surface area contributed by atoms with Crippen molar-refractivity contribution in [2.45, 2.75) is 12.8 Å². The van der Waals surface area contributed by atoms with Gasteiger partial charge >= 0.3 is 0 Å². The van der Waals surface area contributed by atoms with Gasteiger partial charge in [-0.15, -0.1) is 0 Å². The van der Waals surface area contributed by atoms with Crippen molar-refractivity contribution < 1.29 is 9.53 Å². The first-order chi connectivity index (χ1) is 13.7. The van der Waals surface area contributed by atoms with Crippen molar-refractivity contribution >= 4 is 17.4 Å². The van der Waals surface area contributed by atoms with Gasteiger partial charge in [0.2, 0.25) is 0 Å². The molecule has 1 amide bonds. The molecule has 3 aromatic rings. The molecule has 0 unspecified atom stereocenters. The van der Waals surface area contributed by atoms with Gasteiger partial charge < -0.3 is 15.0 Å². The lowest BCUT2D eigenvalue weighted by Gasteiger charge is -2.18. The summed E-state index contributed by atoms with van der Waals surface area (Å²) in [6.45, 7) is 1.90. The molecule has 6 heteroatoms. The molecule has 1 aromatic heterocycles. The molecule has 1 aliphatic rings. The molecule has 0 atom stereocenters. The summed E-state index contributed by atoms with van der Waals surface area (Å²) in [5.41, 5.74) is 1.93. The summed E-state index contributed by atoms with van der Waals surface area (Å²) in [5, 5.41) is 2.90. The molecule has 6 nitrogen and oxygen atoms in total. The standard InChI is InChI=1S/C22H22N4O2/c1-28-18-11-9-17(10-12-18)23-22(27)19-15-20(26-13-5-6-14-26)25-21(24-19)16-7-3-2-4-8-16/h2-4,7-12,15H,5-6,13-14H2,1H3,(H,23,27). The fraction of sp³-hybridized carbons (Fsp3) is 0.227. The topological polar surface area (TPSA) is 67.3 Å². The van der Waals surface area contributed by atoms with Crippen LogP contribution in [0.5, 0.6) is 5.75 Å². The van der Waals surface area contributed by atoms with E-state index in [-0.39, 0.29) is 5.91 Å². The Labute approximate surface area is 164 Å². The largest absolute Gasteiger partial charge is 0.497 e. The number of hydrogen-bond donors (Lipinski definition) is 1. The first kappa shape index (κ1) is 18.0. The number of nitrogens with one attached hydrogen (secondary N) is 1. The number of methoxy groups -OCH3 is 1. The summed E-state index contributed by atoms with van der Waals surface area (Å²) >= 11 is 0. The molecule has 1 saturated heterocycles. The molecule has 2 aromatic carbocycles. The monoisotopic (exact) mass is 374 g/mol. The number of aromatic nitrogens is 2. The minimum atomic E-state index is -0.259. The van der Waals surface area contributed by atoms with Crippen LogP contribution in [-0.2, 0) is 0 Å². The van der Waals surface area contributed by atoms with Crippen molar-refractivity contribution in [2.75, 3.05) is 30.4 Å². The molecule has 0 radical (unpaired) electrons. The SMILES string of the molecule is COc1ccc(NC(=O)c2cc(N3CCCC3)nc(-c3ccccc3)n2)cc1. The average molecular weight is 374 g/mol. The lowest BCUT2D eigenvalue weighted by Crippen LogP contribution is -2.22. The van der Waals surface area contributed by atoms with Crippen LogP contribution in [0.15, 0.2) is 60.7 Å². The zero-order valence-electron chi connectivity index (χ0n) is 15.8. The Bertz CT molecular complexity index is 952. The van der Waals surface area contributed by atoms with Crippen LogP contribution in [0.25, 0.3) is 11.4 Å². The van der Waals surface area contributed by atoms with Gasteiger partial charge in [0.05, 0.1) is 7.11 Å². The van der Waals surface area contributed by atoms with Crippen LogP contribution >= 0.6 is 0 Å². The van der Waals surface area contributed by atoms with E-state index in [2.05, 4.69) is 15.2 Å². The quantitative estimate of drug-likeness (QED) is 0.731. The summed E-state index contributed by atoms with van der Waals surface area (Å²) < 4.78 is 5.16. The summed E-state index contributed by atoms with van der Waals surface area (Å²) in [6, 6.07) is 18.7. The van der Waals surface area contributed by atoms with Crippen molar-refractivity contribution in [1.29, 1.82) is 0 Å². The van der Waals surface area contributed by atoms with Gasteiger partial charge in [-0.05, 0) is 37.1 Å². The van der Waals surface area contributed by atoms with Crippen LogP contribution < -0.4 is 15.0 Å². The molecule has 0 spiro atoms. The molecule has 1 N–H and O–H groups in total. The van der Waals surface area contributed by atoms with Crippen LogP contribution in [0.3, 0.4) is 0 Å². The molecule has 1 aliphatic heterocycles. The molecule has 0 aliphatic carbocycles. The molecule has 28 heavy (non-hydrogen) atoms. The normalized spacial score (nSPS) is 13.4. The van der Waals surface area contributed by atoms with Crippen molar-refractivity contribution in [3.05, 3.63) is 66.4 Å². The first-order valence-electron chi connectivity index (χ1n) is 9.38. The van der Waals surface area contributed by atoms with E-state index < -0.39 is 0 Å². The molecule has 142 valence electrons. The van der Waals surface area contributed by atoms with E-state index >= 15 is 0 Å². The minimum absolute atomic E-state index is 0.259. The fourth-order valence-electron chi connectivity index (χ4n) is 3.24. The molecule has 2 heterocycles. The maximum atomic E-state index is 12.9. The predicted molar refractivity (Wildman–Crippen MR) is 110 cm³/mol. The number of hydrogen-bond acceptors (Lipinski definition) is 5. The summed E-state index contributed by atoms with van der Waals surface area (Å²) in [5.74, 6) is 1.84. The van der Waals surface area contributed by atoms with E-state index in [9.17, 15) is 4.79 Å². The number of anilines is 2. The van der Waals surface area contributed by atoms with Gasteiger partial charge in [-0.3, -0.25) is 4.79 Å². The smallest absolute Gasteiger partial charge is 0.274 e. The Hall–Kier alpha value is -3.41. The van der Waals surface area contributed by atoms with Gasteiger partial charge in [0.25, 0.3) is 5.91 Å².